The first kappa shape index (κ1) is 25.0. The summed E-state index contributed by atoms with van der Waals surface area (Å²) < 4.78 is 0.982. The fraction of sp³-hybridized carbons (Fsp3) is 0.667. The van der Waals surface area contributed by atoms with Gasteiger partial charge in [0.15, 0.2) is 4.66 Å². The highest BCUT2D eigenvalue weighted by Crippen LogP contribution is 2.55. The van der Waals surface area contributed by atoms with Crippen molar-refractivity contribution in [3.63, 3.8) is 0 Å². The van der Waals surface area contributed by atoms with Gasteiger partial charge in [-0.3, -0.25) is 15.0 Å². The molecule has 0 radical (unpaired) electrons. The van der Waals surface area contributed by atoms with E-state index in [4.69, 9.17) is 5.73 Å². The van der Waals surface area contributed by atoms with Crippen LogP contribution in [0.1, 0.15) is 0 Å². The first-order chi connectivity index (χ1) is 9.21. The maximum absolute atomic E-state index is 11.4. The lowest BCUT2D eigenvalue weighted by atomic mass is 10.3. The van der Waals surface area contributed by atoms with Crippen molar-refractivity contribution in [2.45, 2.75) is 4.66 Å². The number of amides is 1. The molecule has 124 valence electrons. The van der Waals surface area contributed by atoms with Crippen molar-refractivity contribution in [1.29, 1.82) is 0 Å². The molecule has 0 aliphatic carbocycles. The first-order valence-electron chi connectivity index (χ1n) is 5.19. The Morgan fingerprint density at radius 3 is 1.86 bits per heavy atom. The standard InChI is InChI=1S/C9H13I7N4O/c1-18-8(12,13)9(14,15)20(3)7(10,11)5(19(2)16)4-6(17)21/h4,18H,1-3H3,(H2,17,21)/b5-4-. The van der Waals surface area contributed by atoms with Crippen molar-refractivity contribution in [3.8, 4) is 0 Å². The molecule has 0 fully saturated rings. The Morgan fingerprint density at radius 1 is 1.14 bits per heavy atom. The summed E-state index contributed by atoms with van der Waals surface area (Å²) in [6, 6.07) is 0. The topological polar surface area (TPSA) is 61.6 Å². The molecule has 0 spiro atoms. The molecular formula is C9H13I7N4O. The van der Waals surface area contributed by atoms with Crippen LogP contribution in [0.25, 0.3) is 0 Å². The summed E-state index contributed by atoms with van der Waals surface area (Å²) in [5.74, 6) is -0.448. The van der Waals surface area contributed by atoms with Gasteiger partial charge in [0.25, 0.3) is 0 Å². The summed E-state index contributed by atoms with van der Waals surface area (Å²) in [5, 5.41) is 3.33. The van der Waals surface area contributed by atoms with Crippen molar-refractivity contribution >= 4 is 164 Å². The van der Waals surface area contributed by atoms with E-state index in [-0.39, 0.29) is 3.10 Å². The van der Waals surface area contributed by atoms with Gasteiger partial charge in [-0.25, -0.2) is 0 Å². The van der Waals surface area contributed by atoms with Gasteiger partial charge in [-0.1, -0.05) is 0 Å². The number of rotatable bonds is 7. The van der Waals surface area contributed by atoms with Crippen LogP contribution in [0.3, 0.4) is 0 Å². The molecular weight excluding hydrogens is 1070 g/mol. The zero-order valence-electron chi connectivity index (χ0n) is 11.1. The van der Waals surface area contributed by atoms with Gasteiger partial charge in [-0.05, 0) is 150 Å². The molecule has 0 saturated heterocycles. The zero-order chi connectivity index (χ0) is 17.2. The number of hydrogen-bond donors (Lipinski definition) is 2. The van der Waals surface area contributed by atoms with E-state index in [0.717, 1.165) is 5.70 Å². The summed E-state index contributed by atoms with van der Waals surface area (Å²) >= 11 is 16.5. The molecule has 0 unspecified atom stereocenters. The van der Waals surface area contributed by atoms with Gasteiger partial charge in [-0.15, -0.1) is 0 Å². The minimum absolute atomic E-state index is 0.207. The summed E-state index contributed by atoms with van der Waals surface area (Å²) in [6.45, 7) is 0. The van der Waals surface area contributed by atoms with Crippen LogP contribution in [-0.2, 0) is 4.79 Å². The van der Waals surface area contributed by atoms with Crippen LogP contribution in [0.4, 0.5) is 0 Å². The summed E-state index contributed by atoms with van der Waals surface area (Å²) in [5.41, 5.74) is 6.19. The predicted molar refractivity (Wildman–Crippen MR) is 148 cm³/mol. The third-order valence-corrected chi connectivity index (χ3v) is 15.4. The van der Waals surface area contributed by atoms with Crippen molar-refractivity contribution in [3.05, 3.63) is 11.8 Å². The Labute approximate surface area is 221 Å². The zero-order valence-corrected chi connectivity index (χ0v) is 26.2. The fourth-order valence-corrected chi connectivity index (χ4v) is 8.21. The first-order valence-corrected chi connectivity index (χ1v) is 12.6. The monoisotopic (exact) mass is 1080 g/mol. The molecule has 0 bridgehead atoms. The third kappa shape index (κ3) is 6.61. The molecule has 0 aromatic heterocycles. The number of likely N-dealkylation sites (N-methyl/N-ethyl adjacent to an activating group) is 3. The van der Waals surface area contributed by atoms with E-state index in [2.05, 4.69) is 169 Å². The Hall–Kier alpha value is 4.04. The SMILES string of the molecule is CNC(I)(I)C(I)(I)N(C)C(I)(I)/C(=C/C(N)=O)N(C)I. The van der Waals surface area contributed by atoms with Crippen LogP contribution in [0.5, 0.6) is 0 Å². The van der Waals surface area contributed by atoms with E-state index in [1.54, 1.807) is 0 Å². The van der Waals surface area contributed by atoms with Gasteiger partial charge in [0.1, 0.15) is 0 Å². The van der Waals surface area contributed by atoms with Crippen molar-refractivity contribution in [2.75, 3.05) is 21.1 Å². The van der Waals surface area contributed by atoms with Gasteiger partial charge in [0.05, 0.1) is 28.6 Å². The highest BCUT2D eigenvalue weighted by atomic mass is 127. The minimum atomic E-state index is -0.448. The number of alkyl halides is 6. The van der Waals surface area contributed by atoms with Gasteiger partial charge < -0.3 is 8.85 Å². The van der Waals surface area contributed by atoms with E-state index in [9.17, 15) is 4.79 Å². The molecule has 0 saturated carbocycles. The van der Waals surface area contributed by atoms with Gasteiger partial charge in [-0.2, -0.15) is 0 Å². The number of nitrogens with one attached hydrogen (secondary N) is 1. The summed E-state index contributed by atoms with van der Waals surface area (Å²) in [7, 11) is 5.87. The highest BCUT2D eigenvalue weighted by molar-refractivity contribution is 14.2. The molecule has 0 aromatic rings. The molecule has 12 heteroatoms. The Kier molecular flexibility index (Phi) is 11.7. The van der Waals surface area contributed by atoms with E-state index >= 15 is 0 Å². The highest BCUT2D eigenvalue weighted by Gasteiger charge is 2.53. The minimum Gasteiger partial charge on any atom is -0.366 e. The van der Waals surface area contributed by atoms with E-state index in [0.29, 0.717) is 0 Å². The number of primary amides is 1. The number of halogens is 7. The lowest BCUT2D eigenvalue weighted by Crippen LogP contribution is -2.59. The molecule has 5 nitrogen and oxygen atoms in total. The Balaban J connectivity index is 5.84. The van der Waals surface area contributed by atoms with Gasteiger partial charge in [0.2, 0.25) is 5.91 Å². The maximum Gasteiger partial charge on any atom is 0.243 e. The van der Waals surface area contributed by atoms with Crippen molar-refractivity contribution in [2.24, 2.45) is 5.73 Å². The lowest BCUT2D eigenvalue weighted by molar-refractivity contribution is -0.113. The summed E-state index contributed by atoms with van der Waals surface area (Å²) in [4.78, 5) is 13.6. The normalized spacial score (nSPS) is 14.5. The lowest BCUT2D eigenvalue weighted by Gasteiger charge is -2.48. The molecule has 0 aliphatic rings. The largest absolute Gasteiger partial charge is 0.366 e. The van der Waals surface area contributed by atoms with Crippen molar-refractivity contribution < 1.29 is 4.79 Å². The average Bonchev–Trinajstić information content (AvgIpc) is 2.33. The fourth-order valence-electron chi connectivity index (χ4n) is 1.21. The van der Waals surface area contributed by atoms with E-state index < -0.39 is 7.46 Å². The Bertz CT molecular complexity index is 424. The van der Waals surface area contributed by atoms with Gasteiger partial charge >= 0.3 is 0 Å². The molecule has 0 atom stereocenters. The molecule has 21 heavy (non-hydrogen) atoms. The van der Waals surface area contributed by atoms with Crippen LogP contribution in [0.2, 0.25) is 0 Å². The molecule has 0 aliphatic heterocycles. The van der Waals surface area contributed by atoms with Crippen LogP contribution < -0.4 is 11.1 Å². The molecule has 0 heterocycles. The van der Waals surface area contributed by atoms with Crippen molar-refractivity contribution in [1.82, 2.24) is 13.3 Å². The second kappa shape index (κ2) is 9.82. The molecule has 3 N–H and O–H groups in total. The Morgan fingerprint density at radius 2 is 1.57 bits per heavy atom. The van der Waals surface area contributed by atoms with Crippen LogP contribution in [0.15, 0.2) is 11.8 Å². The molecule has 0 rings (SSSR count). The third-order valence-electron chi connectivity index (χ3n) is 2.45. The summed E-state index contributed by atoms with van der Waals surface area (Å²) in [6.07, 6.45) is 1.48. The van der Waals surface area contributed by atoms with Crippen LogP contribution in [0, 0.1) is 0 Å². The number of nitrogens with two attached hydrogens (primary N) is 1. The van der Waals surface area contributed by atoms with Crippen LogP contribution >= 0.6 is 158 Å². The number of nitrogens with zero attached hydrogens (tertiary/aromatic N) is 2. The predicted octanol–water partition coefficient (Wildman–Crippen LogP) is 4.36. The van der Waals surface area contributed by atoms with E-state index in [1.807, 2.05) is 24.3 Å². The van der Waals surface area contributed by atoms with E-state index in [1.165, 1.54) is 6.08 Å². The van der Waals surface area contributed by atoms with Gasteiger partial charge in [0, 0.05) is 13.1 Å². The molecule has 0 aromatic carbocycles. The second-order valence-electron chi connectivity index (χ2n) is 3.88. The molecule has 1 amide bonds. The second-order valence-corrected chi connectivity index (χ2v) is 21.0. The van der Waals surface area contributed by atoms with Crippen LogP contribution in [-0.4, -0.2) is 39.7 Å². The average molecular weight is 1080 g/mol. The quantitative estimate of drug-likeness (QED) is 0.131. The number of carbonyl (C=O) groups excluding carboxylic acids is 1. The number of carbonyl (C=O) groups is 1. The maximum atomic E-state index is 11.4. The smallest absolute Gasteiger partial charge is 0.243 e. The number of hydrogen-bond acceptors (Lipinski definition) is 4.